The zero-order valence-electron chi connectivity index (χ0n) is 29.1. The minimum absolute atomic E-state index is 0.291. The van der Waals surface area contributed by atoms with Gasteiger partial charge in [-0.3, -0.25) is 4.57 Å². The lowest BCUT2D eigenvalue weighted by atomic mass is 9.91. The van der Waals surface area contributed by atoms with Crippen molar-refractivity contribution in [3.63, 3.8) is 0 Å². The highest BCUT2D eigenvalue weighted by molar-refractivity contribution is 7.62. The maximum atomic E-state index is 13.7. The van der Waals surface area contributed by atoms with Gasteiger partial charge >= 0.3 is 7.60 Å². The van der Waals surface area contributed by atoms with Crippen molar-refractivity contribution in [2.24, 2.45) is 0 Å². The van der Waals surface area contributed by atoms with Crippen molar-refractivity contribution in [2.75, 3.05) is 27.4 Å². The van der Waals surface area contributed by atoms with E-state index in [1.807, 2.05) is 39.0 Å². The van der Waals surface area contributed by atoms with Gasteiger partial charge in [-0.15, -0.1) is 9.24 Å². The summed E-state index contributed by atoms with van der Waals surface area (Å²) in [5.74, 6) is 1.44. The molecule has 5 nitrogen and oxygen atoms in total. The van der Waals surface area contributed by atoms with Crippen molar-refractivity contribution in [3.05, 3.63) is 93.0 Å². The van der Waals surface area contributed by atoms with E-state index in [1.54, 1.807) is 14.2 Å². The van der Waals surface area contributed by atoms with E-state index >= 15 is 0 Å². The molecule has 4 aromatic rings. The van der Waals surface area contributed by atoms with E-state index in [-0.39, 0.29) is 0 Å². The highest BCUT2D eigenvalue weighted by Crippen LogP contribution is 2.53. The van der Waals surface area contributed by atoms with Crippen molar-refractivity contribution >= 4 is 27.4 Å². The van der Waals surface area contributed by atoms with Crippen LogP contribution in [0.15, 0.2) is 48.5 Å². The lowest BCUT2D eigenvalue weighted by Crippen LogP contribution is -2.18. The van der Waals surface area contributed by atoms with Crippen molar-refractivity contribution < 1.29 is 23.1 Å². The Bertz CT molecular complexity index is 1670. The molecule has 0 aliphatic rings. The van der Waals surface area contributed by atoms with Gasteiger partial charge in [0.2, 0.25) is 0 Å². The Morgan fingerprint density at radius 1 is 0.556 bits per heavy atom. The van der Waals surface area contributed by atoms with Crippen LogP contribution in [0.1, 0.15) is 58.4 Å². The summed E-state index contributed by atoms with van der Waals surface area (Å²) >= 11 is 0. The van der Waals surface area contributed by atoms with Gasteiger partial charge in [-0.05, 0) is 131 Å². The van der Waals surface area contributed by atoms with E-state index < -0.39 is 7.60 Å². The topological polar surface area (TPSA) is 54.0 Å². The maximum Gasteiger partial charge on any atom is 0.365 e. The van der Waals surface area contributed by atoms with E-state index in [9.17, 15) is 4.57 Å². The highest BCUT2D eigenvalue weighted by Gasteiger charge is 2.35. The van der Waals surface area contributed by atoms with Crippen LogP contribution < -0.4 is 20.1 Å². The molecule has 0 heterocycles. The molecular formula is C38H50O5P2. The molecule has 0 spiro atoms. The van der Waals surface area contributed by atoms with Crippen molar-refractivity contribution in [2.45, 2.75) is 69.2 Å². The monoisotopic (exact) mass is 648 g/mol. The number of benzene rings is 4. The highest BCUT2D eigenvalue weighted by atomic mass is 31.2. The predicted molar refractivity (Wildman–Crippen MR) is 195 cm³/mol. The first-order chi connectivity index (χ1) is 21.2. The van der Waals surface area contributed by atoms with Crippen LogP contribution >= 0.6 is 16.8 Å². The summed E-state index contributed by atoms with van der Waals surface area (Å²) in [5.41, 5.74) is 14.2. The number of rotatable bonds is 9. The Kier molecular flexibility index (Phi) is 12.6. The van der Waals surface area contributed by atoms with Crippen LogP contribution in [-0.2, 0) is 13.6 Å². The number of ether oxygens (including phenoxy) is 2. The summed E-state index contributed by atoms with van der Waals surface area (Å²) < 4.78 is 36.1. The fraction of sp³-hybridized carbons (Fsp3) is 0.368. The SMILES string of the molecule is CCOP(=O)(OCC)c1c(OC)ccc(C)c1-c1c(C)cc(C)cc1C.COc1ccc(C)c(-c2c(C)cc(C)cc2C)c1P. The van der Waals surface area contributed by atoms with Crippen molar-refractivity contribution in [1.82, 2.24) is 0 Å². The fourth-order valence-corrected chi connectivity index (χ4v) is 8.90. The zero-order valence-corrected chi connectivity index (χ0v) is 31.1. The Morgan fingerprint density at radius 3 is 1.33 bits per heavy atom. The van der Waals surface area contributed by atoms with Gasteiger partial charge in [-0.1, -0.05) is 47.5 Å². The molecule has 1 atom stereocenters. The van der Waals surface area contributed by atoms with Gasteiger partial charge in [0.05, 0.1) is 27.4 Å². The Balaban J connectivity index is 0.000000257. The van der Waals surface area contributed by atoms with Crippen LogP contribution in [0.4, 0.5) is 0 Å². The Morgan fingerprint density at radius 2 is 0.933 bits per heavy atom. The first-order valence-electron chi connectivity index (χ1n) is 15.4. The van der Waals surface area contributed by atoms with E-state index in [0.717, 1.165) is 38.9 Å². The predicted octanol–water partition coefficient (Wildman–Crippen LogP) is 9.58. The van der Waals surface area contributed by atoms with Crippen LogP contribution in [0.25, 0.3) is 22.3 Å². The Labute approximate surface area is 273 Å². The molecule has 0 saturated carbocycles. The minimum atomic E-state index is -3.53. The molecule has 0 aliphatic heterocycles. The van der Waals surface area contributed by atoms with E-state index in [4.69, 9.17) is 18.5 Å². The molecule has 1 unspecified atom stereocenters. The summed E-state index contributed by atoms with van der Waals surface area (Å²) in [6.07, 6.45) is 0. The Hall–Kier alpha value is -2.94. The van der Waals surface area contributed by atoms with Crippen LogP contribution in [0, 0.1) is 55.4 Å². The standard InChI is InChI=1S/C21H29O4P.C17H21OP/c1-8-24-26(22,25-9-2)21-18(23-7)11-10-15(4)20(21)19-16(5)12-14(3)13-17(19)6;1-10-8-12(3)15(13(4)9-10)16-11(2)6-7-14(18-5)17(16)19/h10-13H,8-9H2,1-7H3;6-9H,19H2,1-5H3. The second-order valence-corrected chi connectivity index (χ2v) is 14.1. The second kappa shape index (κ2) is 15.6. The summed E-state index contributed by atoms with van der Waals surface area (Å²) in [5, 5.41) is 1.65. The van der Waals surface area contributed by atoms with Crippen LogP contribution in [-0.4, -0.2) is 27.4 Å². The molecule has 4 aromatic carbocycles. The molecule has 0 aromatic heterocycles. The third-order valence-corrected chi connectivity index (χ3v) is 10.7. The lowest BCUT2D eigenvalue weighted by molar-refractivity contribution is 0.229. The average Bonchev–Trinajstić information content (AvgIpc) is 2.95. The van der Waals surface area contributed by atoms with E-state index in [1.165, 1.54) is 38.9 Å². The lowest BCUT2D eigenvalue weighted by Gasteiger charge is -2.25. The molecule has 0 saturated heterocycles. The summed E-state index contributed by atoms with van der Waals surface area (Å²) in [7, 11) is 2.59. The van der Waals surface area contributed by atoms with Gasteiger partial charge in [0.15, 0.2) is 0 Å². The number of hydrogen-bond acceptors (Lipinski definition) is 5. The number of methoxy groups -OCH3 is 2. The first-order valence-corrected chi connectivity index (χ1v) is 17.5. The van der Waals surface area contributed by atoms with Crippen molar-refractivity contribution in [1.29, 1.82) is 0 Å². The first kappa shape index (κ1) is 36.5. The average molecular weight is 649 g/mol. The molecule has 0 radical (unpaired) electrons. The molecule has 0 N–H and O–H groups in total. The van der Waals surface area contributed by atoms with Gasteiger partial charge in [0.25, 0.3) is 0 Å². The fourth-order valence-electron chi connectivity index (χ4n) is 6.30. The summed E-state index contributed by atoms with van der Waals surface area (Å²) in [4.78, 5) is 0. The maximum absolute atomic E-state index is 13.7. The molecule has 0 bridgehead atoms. The summed E-state index contributed by atoms with van der Waals surface area (Å²) in [6.45, 7) is 21.1. The van der Waals surface area contributed by atoms with Crippen LogP contribution in [0.2, 0.25) is 0 Å². The van der Waals surface area contributed by atoms with E-state index in [2.05, 4.69) is 88.0 Å². The molecule has 7 heteroatoms. The molecule has 45 heavy (non-hydrogen) atoms. The molecule has 0 fully saturated rings. The molecule has 0 aliphatic carbocycles. The quantitative estimate of drug-likeness (QED) is 0.169. The minimum Gasteiger partial charge on any atom is -0.496 e. The second-order valence-electron chi connectivity index (χ2n) is 11.6. The molecule has 0 amide bonds. The zero-order chi connectivity index (χ0) is 33.6. The molecule has 4 rings (SSSR count). The van der Waals surface area contributed by atoms with E-state index in [0.29, 0.717) is 24.3 Å². The molecular weight excluding hydrogens is 598 g/mol. The van der Waals surface area contributed by atoms with Gasteiger partial charge < -0.3 is 18.5 Å². The largest absolute Gasteiger partial charge is 0.496 e. The summed E-state index contributed by atoms with van der Waals surface area (Å²) in [6, 6.07) is 16.7. The third kappa shape index (κ3) is 7.90. The number of aryl methyl sites for hydroxylation is 8. The normalized spacial score (nSPS) is 11.2. The van der Waals surface area contributed by atoms with Crippen LogP contribution in [0.5, 0.6) is 11.5 Å². The number of hydrogen-bond donors (Lipinski definition) is 0. The van der Waals surface area contributed by atoms with Gasteiger partial charge in [-0.2, -0.15) is 0 Å². The van der Waals surface area contributed by atoms with Crippen LogP contribution in [0.3, 0.4) is 0 Å². The smallest absolute Gasteiger partial charge is 0.365 e. The molecule has 242 valence electrons. The third-order valence-electron chi connectivity index (χ3n) is 7.93. The van der Waals surface area contributed by atoms with Gasteiger partial charge in [0, 0.05) is 10.9 Å². The van der Waals surface area contributed by atoms with Gasteiger partial charge in [-0.25, -0.2) is 0 Å². The van der Waals surface area contributed by atoms with Gasteiger partial charge in [0.1, 0.15) is 16.8 Å². The van der Waals surface area contributed by atoms with Crippen molar-refractivity contribution in [3.8, 4) is 33.8 Å².